The number of hydrogen-bond donors (Lipinski definition) is 1. The first-order valence-corrected chi connectivity index (χ1v) is 11.9. The Morgan fingerprint density at radius 1 is 1.19 bits per heavy atom. The number of thioether (sulfide) groups is 1. The lowest BCUT2D eigenvalue weighted by molar-refractivity contribution is -0.118. The standard InChI is InChI=1S/C21H17BrN6OS2/c1-14-8-11-30-18(14)12-24-25-19(29)13-31-21-27-26-20(15-6-9-23-10-7-15)28(21)17-4-2-16(22)3-5-17/h2-12H,13H2,1H3,(H,25,29)/b24-12+. The summed E-state index contributed by atoms with van der Waals surface area (Å²) in [6, 6.07) is 13.6. The van der Waals surface area contributed by atoms with E-state index in [0.29, 0.717) is 11.0 Å². The van der Waals surface area contributed by atoms with Crippen molar-refractivity contribution in [2.24, 2.45) is 5.10 Å². The Labute approximate surface area is 195 Å². The van der Waals surface area contributed by atoms with Gasteiger partial charge in [-0.25, -0.2) is 5.43 Å². The molecule has 3 heterocycles. The van der Waals surface area contributed by atoms with E-state index in [1.807, 2.05) is 59.3 Å². The van der Waals surface area contributed by atoms with Crippen molar-refractivity contribution in [3.8, 4) is 17.1 Å². The number of benzene rings is 1. The van der Waals surface area contributed by atoms with Crippen LogP contribution in [-0.2, 0) is 4.79 Å². The first-order valence-electron chi connectivity index (χ1n) is 9.22. The number of carbonyl (C=O) groups excluding carboxylic acids is 1. The largest absolute Gasteiger partial charge is 0.272 e. The number of nitrogens with zero attached hydrogens (tertiary/aromatic N) is 5. The maximum atomic E-state index is 12.3. The molecule has 0 spiro atoms. The molecule has 0 aliphatic heterocycles. The van der Waals surface area contributed by atoms with Crippen molar-refractivity contribution in [2.75, 3.05) is 5.75 Å². The third-order valence-electron chi connectivity index (χ3n) is 4.26. The van der Waals surface area contributed by atoms with E-state index in [1.54, 1.807) is 29.9 Å². The maximum absolute atomic E-state index is 12.3. The normalized spacial score (nSPS) is 11.2. The number of nitrogens with one attached hydrogen (secondary N) is 1. The highest BCUT2D eigenvalue weighted by Gasteiger charge is 2.17. The molecule has 0 saturated carbocycles. The van der Waals surface area contributed by atoms with Crippen LogP contribution in [0.3, 0.4) is 0 Å². The van der Waals surface area contributed by atoms with Gasteiger partial charge >= 0.3 is 0 Å². The average Bonchev–Trinajstić information content (AvgIpc) is 3.40. The molecule has 1 amide bonds. The first kappa shape index (κ1) is 21.4. The molecule has 0 fully saturated rings. The summed E-state index contributed by atoms with van der Waals surface area (Å²) < 4.78 is 2.90. The highest BCUT2D eigenvalue weighted by molar-refractivity contribution is 9.10. The van der Waals surface area contributed by atoms with E-state index in [-0.39, 0.29) is 11.7 Å². The lowest BCUT2D eigenvalue weighted by Crippen LogP contribution is -2.20. The SMILES string of the molecule is Cc1ccsc1/C=N/NC(=O)CSc1nnc(-c2ccncc2)n1-c1ccc(Br)cc1. The summed E-state index contributed by atoms with van der Waals surface area (Å²) in [5.74, 6) is 0.622. The molecule has 4 rings (SSSR count). The van der Waals surface area contributed by atoms with Gasteiger partial charge < -0.3 is 0 Å². The molecular formula is C21H17BrN6OS2. The number of thiophene rings is 1. The van der Waals surface area contributed by atoms with Gasteiger partial charge in [0.15, 0.2) is 11.0 Å². The molecule has 0 atom stereocenters. The number of rotatable bonds is 7. The van der Waals surface area contributed by atoms with Crippen LogP contribution in [0, 0.1) is 6.92 Å². The Morgan fingerprint density at radius 2 is 1.97 bits per heavy atom. The number of carbonyl (C=O) groups is 1. The van der Waals surface area contributed by atoms with Crippen LogP contribution in [0.2, 0.25) is 0 Å². The van der Waals surface area contributed by atoms with Crippen molar-refractivity contribution in [3.05, 3.63) is 75.2 Å². The molecule has 0 aliphatic carbocycles. The van der Waals surface area contributed by atoms with E-state index in [2.05, 4.69) is 41.6 Å². The fraction of sp³-hybridized carbons (Fsp3) is 0.0952. The lowest BCUT2D eigenvalue weighted by atomic mass is 10.2. The van der Waals surface area contributed by atoms with Gasteiger partial charge in [-0.2, -0.15) is 5.10 Å². The number of pyridine rings is 1. The zero-order valence-corrected chi connectivity index (χ0v) is 19.6. The summed E-state index contributed by atoms with van der Waals surface area (Å²) >= 11 is 6.34. The highest BCUT2D eigenvalue weighted by Crippen LogP contribution is 2.28. The second-order valence-corrected chi connectivity index (χ2v) is 9.21. The van der Waals surface area contributed by atoms with Crippen molar-refractivity contribution in [3.63, 3.8) is 0 Å². The number of aromatic nitrogens is 4. The number of aryl methyl sites for hydroxylation is 1. The van der Waals surface area contributed by atoms with Gasteiger partial charge in [0.2, 0.25) is 0 Å². The molecule has 4 aromatic rings. The van der Waals surface area contributed by atoms with E-state index < -0.39 is 0 Å². The average molecular weight is 513 g/mol. The zero-order valence-electron chi connectivity index (χ0n) is 16.4. The molecule has 10 heteroatoms. The van der Waals surface area contributed by atoms with Crippen LogP contribution in [0.4, 0.5) is 0 Å². The Kier molecular flexibility index (Phi) is 6.90. The molecule has 0 unspecified atom stereocenters. The summed E-state index contributed by atoms with van der Waals surface area (Å²) in [6.45, 7) is 2.00. The molecule has 31 heavy (non-hydrogen) atoms. The lowest BCUT2D eigenvalue weighted by Gasteiger charge is -2.10. The molecule has 0 aliphatic rings. The predicted molar refractivity (Wildman–Crippen MR) is 128 cm³/mol. The summed E-state index contributed by atoms with van der Waals surface area (Å²) in [5, 5.41) is 15.3. The fourth-order valence-electron chi connectivity index (χ4n) is 2.72. The summed E-state index contributed by atoms with van der Waals surface area (Å²) in [7, 11) is 0. The predicted octanol–water partition coefficient (Wildman–Crippen LogP) is 4.70. The molecule has 1 N–H and O–H groups in total. The van der Waals surface area contributed by atoms with Crippen molar-refractivity contribution in [1.29, 1.82) is 0 Å². The van der Waals surface area contributed by atoms with Crippen LogP contribution in [0.15, 0.2) is 75.0 Å². The Hall–Kier alpha value is -2.82. The van der Waals surface area contributed by atoms with Gasteiger partial charge in [-0.3, -0.25) is 14.3 Å². The minimum atomic E-state index is -0.216. The Balaban J connectivity index is 1.52. The van der Waals surface area contributed by atoms with Crippen molar-refractivity contribution in [2.45, 2.75) is 12.1 Å². The minimum Gasteiger partial charge on any atom is -0.272 e. The fourth-order valence-corrected chi connectivity index (χ4v) is 4.51. The van der Waals surface area contributed by atoms with Crippen LogP contribution in [0.5, 0.6) is 0 Å². The zero-order chi connectivity index (χ0) is 21.6. The minimum absolute atomic E-state index is 0.159. The first-order chi connectivity index (χ1) is 15.1. The van der Waals surface area contributed by atoms with E-state index in [0.717, 1.165) is 26.2 Å². The van der Waals surface area contributed by atoms with Gasteiger partial charge in [0.25, 0.3) is 5.91 Å². The molecule has 3 aromatic heterocycles. The molecule has 156 valence electrons. The van der Waals surface area contributed by atoms with Gasteiger partial charge in [-0.1, -0.05) is 27.7 Å². The van der Waals surface area contributed by atoms with Crippen LogP contribution in [0.1, 0.15) is 10.4 Å². The number of hydrazone groups is 1. The maximum Gasteiger partial charge on any atom is 0.250 e. The van der Waals surface area contributed by atoms with Crippen molar-refractivity contribution < 1.29 is 4.79 Å². The van der Waals surface area contributed by atoms with Crippen LogP contribution < -0.4 is 5.43 Å². The summed E-state index contributed by atoms with van der Waals surface area (Å²) in [4.78, 5) is 17.4. The highest BCUT2D eigenvalue weighted by atomic mass is 79.9. The third kappa shape index (κ3) is 5.27. The summed E-state index contributed by atoms with van der Waals surface area (Å²) in [6.07, 6.45) is 5.08. The van der Waals surface area contributed by atoms with E-state index in [1.165, 1.54) is 11.8 Å². The topological polar surface area (TPSA) is 85.1 Å². The van der Waals surface area contributed by atoms with E-state index in [9.17, 15) is 4.79 Å². The van der Waals surface area contributed by atoms with Gasteiger partial charge in [0.05, 0.1) is 12.0 Å². The molecule has 0 radical (unpaired) electrons. The smallest absolute Gasteiger partial charge is 0.250 e. The van der Waals surface area contributed by atoms with Gasteiger partial charge in [0.1, 0.15) is 0 Å². The van der Waals surface area contributed by atoms with Gasteiger partial charge in [-0.15, -0.1) is 21.5 Å². The van der Waals surface area contributed by atoms with Crippen LogP contribution in [0.25, 0.3) is 17.1 Å². The number of amides is 1. The number of halogens is 1. The molecule has 1 aromatic carbocycles. The van der Waals surface area contributed by atoms with Gasteiger partial charge in [-0.05, 0) is 60.3 Å². The van der Waals surface area contributed by atoms with Crippen molar-refractivity contribution in [1.82, 2.24) is 25.2 Å². The second kappa shape index (κ2) is 9.99. The monoisotopic (exact) mass is 512 g/mol. The van der Waals surface area contributed by atoms with Crippen LogP contribution >= 0.6 is 39.0 Å². The van der Waals surface area contributed by atoms with Crippen molar-refractivity contribution >= 4 is 51.2 Å². The quantitative estimate of drug-likeness (QED) is 0.220. The second-order valence-electron chi connectivity index (χ2n) is 6.40. The van der Waals surface area contributed by atoms with E-state index in [4.69, 9.17) is 0 Å². The molecule has 7 nitrogen and oxygen atoms in total. The Morgan fingerprint density at radius 3 is 2.68 bits per heavy atom. The number of hydrogen-bond acceptors (Lipinski definition) is 7. The molecular weight excluding hydrogens is 496 g/mol. The molecule has 0 saturated heterocycles. The molecule has 0 bridgehead atoms. The van der Waals surface area contributed by atoms with Gasteiger partial charge in [0, 0.05) is 33.0 Å². The Bertz CT molecular complexity index is 1200. The van der Waals surface area contributed by atoms with Crippen LogP contribution in [-0.4, -0.2) is 37.6 Å². The van der Waals surface area contributed by atoms with E-state index >= 15 is 0 Å². The summed E-state index contributed by atoms with van der Waals surface area (Å²) in [5.41, 5.74) is 5.48. The third-order valence-corrected chi connectivity index (χ3v) is 6.67.